The first-order valence-corrected chi connectivity index (χ1v) is 17.3. The van der Waals surface area contributed by atoms with Crippen LogP contribution in [0, 0.1) is 0 Å². The molecule has 1 aromatic heterocycles. The minimum Gasteiger partial charge on any atom is -0.614 e. The van der Waals surface area contributed by atoms with Crippen molar-refractivity contribution in [1.29, 1.82) is 0 Å². The maximum Gasteiger partial charge on any atom is 0.316 e. The molecule has 0 aliphatic carbocycles. The number of aryl methyl sites for hydroxylation is 2. The molecular formula is C30H42N2O7S2. The lowest BCUT2D eigenvalue weighted by molar-refractivity contribution is 0.0239. The van der Waals surface area contributed by atoms with Crippen molar-refractivity contribution in [2.24, 2.45) is 0 Å². The molecule has 0 saturated carbocycles. The molecule has 2 aromatic carbocycles. The molecule has 226 valence electrons. The summed E-state index contributed by atoms with van der Waals surface area (Å²) in [4.78, 5) is 8.17. The van der Waals surface area contributed by atoms with Crippen molar-refractivity contribution in [3.63, 3.8) is 0 Å². The molecule has 41 heavy (non-hydrogen) atoms. The van der Waals surface area contributed by atoms with E-state index in [0.717, 1.165) is 25.5 Å². The average Bonchev–Trinajstić information content (AvgIpc) is 2.94. The van der Waals surface area contributed by atoms with Gasteiger partial charge >= 0.3 is 6.01 Å². The number of ether oxygens (including phenoxy) is 3. The Morgan fingerprint density at radius 3 is 2.20 bits per heavy atom. The van der Waals surface area contributed by atoms with Gasteiger partial charge in [0.15, 0.2) is 6.10 Å². The Balaban J connectivity index is 1.51. The highest BCUT2D eigenvalue weighted by molar-refractivity contribution is 7.91. The molecule has 3 atom stereocenters. The molecule has 0 fully saturated rings. The average molecular weight is 607 g/mol. The summed E-state index contributed by atoms with van der Waals surface area (Å²) in [5, 5.41) is 2.49. The second kappa shape index (κ2) is 17.6. The van der Waals surface area contributed by atoms with E-state index in [-0.39, 0.29) is 31.6 Å². The standard InChI is InChI=1S/C30H42N2O7S2/c1-4-5-6-9-25-11-13-28-23-26(12-14-27(28)22-25)10-7-17-37-29(24(2)39-30-31-15-8-16-32-30)40(33)21-20-36-18-19-38-41(3,34)35/h8,11-16,22-24,29H,4-7,9-10,17-21H2,1-3H3. The summed E-state index contributed by atoms with van der Waals surface area (Å²) in [5.41, 5.74) is 1.89. The van der Waals surface area contributed by atoms with Crippen LogP contribution in [-0.4, -0.2) is 72.9 Å². The molecule has 0 N–H and O–H groups in total. The highest BCUT2D eigenvalue weighted by Crippen LogP contribution is 2.21. The zero-order valence-electron chi connectivity index (χ0n) is 24.2. The predicted molar refractivity (Wildman–Crippen MR) is 162 cm³/mol. The number of nitrogens with zero attached hydrogens (tertiary/aromatic N) is 2. The monoisotopic (exact) mass is 606 g/mol. The number of unbranched alkanes of at least 4 members (excludes halogenated alkanes) is 2. The number of rotatable bonds is 20. The second-order valence-corrected chi connectivity index (χ2v) is 13.2. The molecule has 3 rings (SSSR count). The summed E-state index contributed by atoms with van der Waals surface area (Å²) in [7, 11) is -3.52. The van der Waals surface area contributed by atoms with Gasteiger partial charge in [-0.15, -0.1) is 0 Å². The molecule has 0 spiro atoms. The number of hydrogen-bond donors (Lipinski definition) is 0. The van der Waals surface area contributed by atoms with Gasteiger partial charge in [-0.3, -0.25) is 4.18 Å². The van der Waals surface area contributed by atoms with Gasteiger partial charge in [0.25, 0.3) is 15.6 Å². The molecule has 0 radical (unpaired) electrons. The van der Waals surface area contributed by atoms with Gasteiger partial charge in [-0.1, -0.05) is 56.2 Å². The van der Waals surface area contributed by atoms with Gasteiger partial charge in [0.1, 0.15) is 5.75 Å². The SMILES string of the molecule is CCCCCc1ccc2cc(CCCOC(C(C)Oc3ncccn3)[S+]([O-])CCOCCOS(C)(=O)=O)ccc2c1. The Morgan fingerprint density at radius 1 is 0.902 bits per heavy atom. The molecule has 0 bridgehead atoms. The first-order chi connectivity index (χ1) is 19.7. The summed E-state index contributed by atoms with van der Waals surface area (Å²) >= 11 is -1.44. The van der Waals surface area contributed by atoms with Gasteiger partial charge in [-0.2, -0.15) is 8.42 Å². The lowest BCUT2D eigenvalue weighted by Crippen LogP contribution is -2.41. The second-order valence-electron chi connectivity index (χ2n) is 9.89. The molecule has 3 aromatic rings. The summed E-state index contributed by atoms with van der Waals surface area (Å²) in [6.07, 6.45) is 9.96. The van der Waals surface area contributed by atoms with Crippen molar-refractivity contribution in [2.45, 2.75) is 63.9 Å². The molecule has 0 amide bonds. The van der Waals surface area contributed by atoms with Crippen LogP contribution in [-0.2, 0) is 47.8 Å². The zero-order valence-corrected chi connectivity index (χ0v) is 25.8. The van der Waals surface area contributed by atoms with E-state index in [2.05, 4.69) is 57.5 Å². The fraction of sp³-hybridized carbons (Fsp3) is 0.533. The van der Waals surface area contributed by atoms with E-state index in [1.54, 1.807) is 25.4 Å². The fourth-order valence-electron chi connectivity index (χ4n) is 4.31. The van der Waals surface area contributed by atoms with Crippen LogP contribution in [0.4, 0.5) is 0 Å². The van der Waals surface area contributed by atoms with Crippen molar-refractivity contribution in [2.75, 3.05) is 38.4 Å². The Hall–Kier alpha value is -2.28. The van der Waals surface area contributed by atoms with Crippen LogP contribution in [0.3, 0.4) is 0 Å². The Labute approximate surface area is 247 Å². The van der Waals surface area contributed by atoms with E-state index in [1.165, 1.54) is 41.2 Å². The van der Waals surface area contributed by atoms with E-state index in [1.807, 2.05) is 0 Å². The van der Waals surface area contributed by atoms with Crippen molar-refractivity contribution in [3.8, 4) is 6.01 Å². The maximum absolute atomic E-state index is 13.1. The van der Waals surface area contributed by atoms with Gasteiger partial charge in [0, 0.05) is 12.4 Å². The van der Waals surface area contributed by atoms with Gasteiger partial charge in [0.2, 0.25) is 0 Å². The first-order valence-electron chi connectivity index (χ1n) is 14.1. The van der Waals surface area contributed by atoms with Crippen molar-refractivity contribution in [1.82, 2.24) is 9.97 Å². The summed E-state index contributed by atoms with van der Waals surface area (Å²) in [5.74, 6) is 0.192. The molecule has 9 nitrogen and oxygen atoms in total. The molecule has 3 unspecified atom stereocenters. The van der Waals surface area contributed by atoms with Crippen LogP contribution in [0.1, 0.15) is 50.7 Å². The highest BCUT2D eigenvalue weighted by Gasteiger charge is 2.32. The smallest absolute Gasteiger partial charge is 0.316 e. The molecular weight excluding hydrogens is 564 g/mol. The Morgan fingerprint density at radius 2 is 1.56 bits per heavy atom. The molecule has 0 saturated heterocycles. The van der Waals surface area contributed by atoms with Crippen LogP contribution in [0.2, 0.25) is 0 Å². The first kappa shape index (κ1) is 33.2. The third-order valence-corrected chi connectivity index (χ3v) is 8.56. The number of hydrogen-bond acceptors (Lipinski definition) is 9. The summed E-state index contributed by atoms with van der Waals surface area (Å²) < 4.78 is 57.2. The van der Waals surface area contributed by atoms with Crippen LogP contribution < -0.4 is 4.74 Å². The van der Waals surface area contributed by atoms with Crippen molar-refractivity contribution < 1.29 is 31.4 Å². The predicted octanol–water partition coefficient (Wildman–Crippen LogP) is 4.85. The van der Waals surface area contributed by atoms with Crippen LogP contribution in [0.15, 0.2) is 54.9 Å². The van der Waals surface area contributed by atoms with Crippen LogP contribution in [0.25, 0.3) is 10.8 Å². The number of benzene rings is 2. The fourth-order valence-corrected chi connectivity index (χ4v) is 5.92. The lowest BCUT2D eigenvalue weighted by atomic mass is 10.00. The normalized spacial score (nSPS) is 14.1. The summed E-state index contributed by atoms with van der Waals surface area (Å²) in [6.45, 7) is 4.54. The quantitative estimate of drug-likeness (QED) is 0.101. The van der Waals surface area contributed by atoms with Gasteiger partial charge in [0.05, 0.1) is 32.7 Å². The Bertz CT molecular complexity index is 1280. The van der Waals surface area contributed by atoms with Crippen molar-refractivity contribution in [3.05, 3.63) is 66.0 Å². The highest BCUT2D eigenvalue weighted by atomic mass is 32.2. The van der Waals surface area contributed by atoms with Crippen molar-refractivity contribution >= 4 is 32.1 Å². The van der Waals surface area contributed by atoms with E-state index < -0.39 is 32.8 Å². The minimum atomic E-state index is -3.52. The minimum absolute atomic E-state index is 0.0750. The summed E-state index contributed by atoms with van der Waals surface area (Å²) in [6, 6.07) is 15.2. The van der Waals surface area contributed by atoms with Gasteiger partial charge < -0.3 is 18.8 Å². The third-order valence-electron chi connectivity index (χ3n) is 6.36. The maximum atomic E-state index is 13.1. The zero-order chi connectivity index (χ0) is 29.5. The topological polar surface area (TPSA) is 120 Å². The number of aromatic nitrogens is 2. The molecule has 0 aliphatic rings. The van der Waals surface area contributed by atoms with Gasteiger partial charge in [-0.05, 0) is 71.7 Å². The number of fused-ring (bicyclic) bond motifs is 1. The van der Waals surface area contributed by atoms with Gasteiger partial charge in [-0.25, -0.2) is 9.97 Å². The molecule has 0 aliphatic heterocycles. The van der Waals surface area contributed by atoms with E-state index in [0.29, 0.717) is 6.61 Å². The Kier molecular flexibility index (Phi) is 14.3. The van der Waals surface area contributed by atoms with E-state index >= 15 is 0 Å². The third kappa shape index (κ3) is 12.6. The lowest BCUT2D eigenvalue weighted by Gasteiger charge is -2.26. The van der Waals surface area contributed by atoms with E-state index in [9.17, 15) is 13.0 Å². The molecule has 1 heterocycles. The van der Waals surface area contributed by atoms with Crippen LogP contribution >= 0.6 is 0 Å². The van der Waals surface area contributed by atoms with E-state index in [4.69, 9.17) is 14.2 Å². The largest absolute Gasteiger partial charge is 0.614 e. The molecule has 11 heteroatoms. The van der Waals surface area contributed by atoms with Crippen LogP contribution in [0.5, 0.6) is 6.01 Å².